The summed E-state index contributed by atoms with van der Waals surface area (Å²) in [5.41, 5.74) is 6.38. The molecule has 0 amide bonds. The number of hydrogen-bond acceptors (Lipinski definition) is 1. The summed E-state index contributed by atoms with van der Waals surface area (Å²) < 4.78 is 0. The largest absolute Gasteiger partial charge is 0.507 e. The Kier molecular flexibility index (Phi) is 6.20. The van der Waals surface area contributed by atoms with E-state index in [1.54, 1.807) is 0 Å². The van der Waals surface area contributed by atoms with E-state index in [1.807, 2.05) is 31.2 Å². The van der Waals surface area contributed by atoms with Crippen LogP contribution in [0.15, 0.2) is 72.8 Å². The minimum absolute atomic E-state index is 0.268. The molecule has 0 atom stereocenters. The van der Waals surface area contributed by atoms with Gasteiger partial charge in [-0.15, -0.1) is 0 Å². The van der Waals surface area contributed by atoms with Crippen molar-refractivity contribution in [3.8, 4) is 0 Å². The van der Waals surface area contributed by atoms with Crippen LogP contribution in [0.3, 0.4) is 0 Å². The Labute approximate surface area is 145 Å². The van der Waals surface area contributed by atoms with Crippen LogP contribution in [0.5, 0.6) is 0 Å². The van der Waals surface area contributed by atoms with Crippen molar-refractivity contribution in [3.63, 3.8) is 0 Å². The molecule has 0 heterocycles. The maximum Gasteiger partial charge on any atom is 0.123 e. The molecule has 0 spiro atoms. The number of aliphatic hydroxyl groups excluding tert-OH is 1. The van der Waals surface area contributed by atoms with Crippen LogP contribution in [0.1, 0.15) is 43.0 Å². The first-order valence-electron chi connectivity index (χ1n) is 8.50. The van der Waals surface area contributed by atoms with Gasteiger partial charge in [0.2, 0.25) is 0 Å². The first-order valence-corrected chi connectivity index (χ1v) is 8.50. The maximum atomic E-state index is 10.5. The van der Waals surface area contributed by atoms with Crippen molar-refractivity contribution in [2.24, 2.45) is 0 Å². The van der Waals surface area contributed by atoms with Gasteiger partial charge in [0.15, 0.2) is 0 Å². The summed E-state index contributed by atoms with van der Waals surface area (Å²) in [6.07, 6.45) is 5.83. The van der Waals surface area contributed by atoms with Crippen LogP contribution < -0.4 is 0 Å². The van der Waals surface area contributed by atoms with Crippen molar-refractivity contribution in [2.45, 2.75) is 33.6 Å². The number of aryl methyl sites for hydroxylation is 2. The highest BCUT2D eigenvalue weighted by molar-refractivity contribution is 5.82. The molecule has 0 saturated heterocycles. The van der Waals surface area contributed by atoms with Gasteiger partial charge in [-0.05, 0) is 48.1 Å². The Morgan fingerprint density at radius 2 is 1.29 bits per heavy atom. The van der Waals surface area contributed by atoms with E-state index in [0.29, 0.717) is 0 Å². The topological polar surface area (TPSA) is 20.2 Å². The standard InChI is InChI=1S/C23H26O/c1-5-18-7-11-20(12-8-18)22(15-17(3)4)16-23(24)21-13-9-19(6-2)10-14-21/h7-16,24H,3,5-6H2,1-2,4H3/b22-15+,23-16-. The monoisotopic (exact) mass is 318 g/mol. The molecule has 0 aliphatic heterocycles. The molecule has 1 heteroatoms. The van der Waals surface area contributed by atoms with Crippen LogP contribution in [-0.2, 0) is 12.8 Å². The van der Waals surface area contributed by atoms with Crippen molar-refractivity contribution in [2.75, 3.05) is 0 Å². The molecular formula is C23H26O. The summed E-state index contributed by atoms with van der Waals surface area (Å²) in [7, 11) is 0. The molecule has 2 rings (SSSR count). The van der Waals surface area contributed by atoms with Crippen molar-refractivity contribution < 1.29 is 5.11 Å². The van der Waals surface area contributed by atoms with Crippen LogP contribution >= 0.6 is 0 Å². The lowest BCUT2D eigenvalue weighted by Crippen LogP contribution is -1.89. The first kappa shape index (κ1) is 17.8. The Balaban J connectivity index is 2.37. The van der Waals surface area contributed by atoms with E-state index in [-0.39, 0.29) is 5.76 Å². The Morgan fingerprint density at radius 3 is 1.71 bits per heavy atom. The lowest BCUT2D eigenvalue weighted by molar-refractivity contribution is 0.512. The number of hydrogen-bond donors (Lipinski definition) is 1. The van der Waals surface area contributed by atoms with E-state index in [2.05, 4.69) is 56.8 Å². The second kappa shape index (κ2) is 8.35. The van der Waals surface area contributed by atoms with E-state index in [9.17, 15) is 5.11 Å². The predicted molar refractivity (Wildman–Crippen MR) is 105 cm³/mol. The zero-order valence-corrected chi connectivity index (χ0v) is 14.8. The lowest BCUT2D eigenvalue weighted by Gasteiger charge is -2.08. The predicted octanol–water partition coefficient (Wildman–Crippen LogP) is 6.37. The second-order valence-corrected chi connectivity index (χ2v) is 6.08. The van der Waals surface area contributed by atoms with Crippen molar-refractivity contribution >= 4 is 11.3 Å². The van der Waals surface area contributed by atoms with Gasteiger partial charge in [-0.2, -0.15) is 0 Å². The van der Waals surface area contributed by atoms with Gasteiger partial charge in [0.25, 0.3) is 0 Å². The summed E-state index contributed by atoms with van der Waals surface area (Å²) in [5, 5.41) is 10.5. The highest BCUT2D eigenvalue weighted by Crippen LogP contribution is 2.23. The summed E-state index contributed by atoms with van der Waals surface area (Å²) in [6, 6.07) is 16.5. The maximum absolute atomic E-state index is 10.5. The van der Waals surface area contributed by atoms with Gasteiger partial charge in [-0.3, -0.25) is 0 Å². The zero-order valence-electron chi connectivity index (χ0n) is 14.8. The molecule has 0 saturated carbocycles. The van der Waals surface area contributed by atoms with Crippen LogP contribution in [0.4, 0.5) is 0 Å². The summed E-state index contributed by atoms with van der Waals surface area (Å²) in [5.74, 6) is 0.268. The van der Waals surface area contributed by atoms with Crippen LogP contribution in [0.2, 0.25) is 0 Å². The zero-order chi connectivity index (χ0) is 17.5. The molecule has 124 valence electrons. The number of aliphatic hydroxyl groups is 1. The van der Waals surface area contributed by atoms with E-state index in [1.165, 1.54) is 11.1 Å². The molecule has 24 heavy (non-hydrogen) atoms. The van der Waals surface area contributed by atoms with Gasteiger partial charge < -0.3 is 5.11 Å². The number of allylic oxidation sites excluding steroid dienone is 4. The SMILES string of the molecule is C=C(C)/C=C(\C=C(/O)c1ccc(CC)cc1)c1ccc(CC)cc1. The molecule has 0 aromatic heterocycles. The van der Waals surface area contributed by atoms with E-state index in [0.717, 1.165) is 35.1 Å². The third kappa shape index (κ3) is 4.73. The second-order valence-electron chi connectivity index (χ2n) is 6.08. The minimum Gasteiger partial charge on any atom is -0.507 e. The third-order valence-electron chi connectivity index (χ3n) is 4.05. The van der Waals surface area contributed by atoms with Gasteiger partial charge in [-0.1, -0.05) is 80.6 Å². The molecule has 0 aliphatic carbocycles. The highest BCUT2D eigenvalue weighted by Gasteiger charge is 2.04. The molecule has 0 fully saturated rings. The minimum atomic E-state index is 0.268. The molecular weight excluding hydrogens is 292 g/mol. The smallest absolute Gasteiger partial charge is 0.123 e. The average Bonchev–Trinajstić information content (AvgIpc) is 2.61. The van der Waals surface area contributed by atoms with E-state index < -0.39 is 0 Å². The molecule has 2 aromatic rings. The van der Waals surface area contributed by atoms with Gasteiger partial charge in [-0.25, -0.2) is 0 Å². The van der Waals surface area contributed by atoms with Gasteiger partial charge >= 0.3 is 0 Å². The highest BCUT2D eigenvalue weighted by atomic mass is 16.3. The molecule has 0 aliphatic rings. The van der Waals surface area contributed by atoms with Gasteiger partial charge in [0, 0.05) is 5.56 Å². The van der Waals surface area contributed by atoms with E-state index >= 15 is 0 Å². The third-order valence-corrected chi connectivity index (χ3v) is 4.05. The Morgan fingerprint density at radius 1 is 0.833 bits per heavy atom. The fourth-order valence-electron chi connectivity index (χ4n) is 2.55. The summed E-state index contributed by atoms with van der Waals surface area (Å²) >= 11 is 0. The normalized spacial score (nSPS) is 12.3. The van der Waals surface area contributed by atoms with E-state index in [4.69, 9.17) is 0 Å². The van der Waals surface area contributed by atoms with Gasteiger partial charge in [0.05, 0.1) is 0 Å². The number of benzene rings is 2. The molecule has 1 N–H and O–H groups in total. The Hall–Kier alpha value is -2.54. The van der Waals surface area contributed by atoms with Crippen molar-refractivity contribution in [3.05, 3.63) is 95.1 Å². The summed E-state index contributed by atoms with van der Waals surface area (Å²) in [6.45, 7) is 10.2. The molecule has 0 unspecified atom stereocenters. The first-order chi connectivity index (χ1) is 11.5. The quantitative estimate of drug-likeness (QED) is 0.484. The number of rotatable bonds is 6. The Bertz CT molecular complexity index is 744. The van der Waals surface area contributed by atoms with Crippen molar-refractivity contribution in [1.29, 1.82) is 0 Å². The molecule has 1 nitrogen and oxygen atoms in total. The van der Waals surface area contributed by atoms with Crippen LogP contribution in [0, 0.1) is 0 Å². The fourth-order valence-corrected chi connectivity index (χ4v) is 2.55. The lowest BCUT2D eigenvalue weighted by atomic mass is 9.99. The van der Waals surface area contributed by atoms with Crippen LogP contribution in [0.25, 0.3) is 11.3 Å². The van der Waals surface area contributed by atoms with Gasteiger partial charge in [0.1, 0.15) is 5.76 Å². The molecule has 0 radical (unpaired) electrons. The van der Waals surface area contributed by atoms with Crippen LogP contribution in [-0.4, -0.2) is 5.11 Å². The average molecular weight is 318 g/mol. The molecule has 2 aromatic carbocycles. The fraction of sp³-hybridized carbons (Fsp3) is 0.217. The summed E-state index contributed by atoms with van der Waals surface area (Å²) in [4.78, 5) is 0. The molecule has 0 bridgehead atoms. The van der Waals surface area contributed by atoms with Crippen molar-refractivity contribution in [1.82, 2.24) is 0 Å².